The molecule has 130 valence electrons. The number of methoxy groups -OCH3 is 1. The maximum atomic E-state index is 6.04. The summed E-state index contributed by atoms with van der Waals surface area (Å²) >= 11 is 0. The molecule has 0 heterocycles. The summed E-state index contributed by atoms with van der Waals surface area (Å²) in [6.45, 7) is 6.83. The predicted octanol–water partition coefficient (Wildman–Crippen LogP) is 4.33. The highest BCUT2D eigenvalue weighted by atomic mass is 16.5. The molecule has 24 heavy (non-hydrogen) atoms. The van der Waals surface area contributed by atoms with Gasteiger partial charge in [0.2, 0.25) is 0 Å². The van der Waals surface area contributed by atoms with Crippen molar-refractivity contribution in [1.29, 1.82) is 0 Å². The van der Waals surface area contributed by atoms with E-state index in [1.165, 1.54) is 16.7 Å². The Balaban J connectivity index is 2.20. The van der Waals surface area contributed by atoms with Crippen molar-refractivity contribution in [3.63, 3.8) is 0 Å². The second-order valence-corrected chi connectivity index (χ2v) is 6.38. The van der Waals surface area contributed by atoms with E-state index in [9.17, 15) is 0 Å². The van der Waals surface area contributed by atoms with Crippen LogP contribution in [0, 0.1) is 0 Å². The molecular formula is C21H29NO2. The summed E-state index contributed by atoms with van der Waals surface area (Å²) in [4.78, 5) is 0. The quantitative estimate of drug-likeness (QED) is 0.785. The first-order valence-electron chi connectivity index (χ1n) is 8.69. The maximum Gasteiger partial charge on any atom is 0.161 e. The van der Waals surface area contributed by atoms with Gasteiger partial charge in [-0.25, -0.2) is 0 Å². The van der Waals surface area contributed by atoms with Crippen LogP contribution in [-0.2, 0) is 12.8 Å². The Morgan fingerprint density at radius 1 is 0.958 bits per heavy atom. The Morgan fingerprint density at radius 3 is 2.17 bits per heavy atom. The van der Waals surface area contributed by atoms with E-state index in [-0.39, 0.29) is 6.10 Å². The molecular weight excluding hydrogens is 298 g/mol. The van der Waals surface area contributed by atoms with Gasteiger partial charge in [0.15, 0.2) is 11.5 Å². The van der Waals surface area contributed by atoms with Gasteiger partial charge < -0.3 is 15.2 Å². The van der Waals surface area contributed by atoms with Crippen LogP contribution in [0.5, 0.6) is 11.5 Å². The van der Waals surface area contributed by atoms with Gasteiger partial charge in [-0.15, -0.1) is 0 Å². The summed E-state index contributed by atoms with van der Waals surface area (Å²) in [5.41, 5.74) is 9.89. The van der Waals surface area contributed by atoms with Crippen LogP contribution < -0.4 is 15.2 Å². The minimum absolute atomic E-state index is 0.112. The highest BCUT2D eigenvalue weighted by molar-refractivity contribution is 5.43. The average molecular weight is 327 g/mol. The van der Waals surface area contributed by atoms with Gasteiger partial charge in [0.05, 0.1) is 13.2 Å². The molecule has 2 N–H and O–H groups in total. The fourth-order valence-electron chi connectivity index (χ4n) is 2.84. The van der Waals surface area contributed by atoms with Crippen molar-refractivity contribution < 1.29 is 9.47 Å². The van der Waals surface area contributed by atoms with Crippen LogP contribution in [0.1, 0.15) is 43.4 Å². The van der Waals surface area contributed by atoms with Crippen molar-refractivity contribution >= 4 is 0 Å². The molecule has 1 unspecified atom stereocenters. The minimum Gasteiger partial charge on any atom is -0.493 e. The van der Waals surface area contributed by atoms with E-state index in [2.05, 4.69) is 43.3 Å². The topological polar surface area (TPSA) is 44.5 Å². The molecule has 0 saturated carbocycles. The molecule has 0 radical (unpaired) electrons. The first kappa shape index (κ1) is 18.3. The Kier molecular flexibility index (Phi) is 6.68. The molecule has 0 fully saturated rings. The molecule has 1 atom stereocenters. The second-order valence-electron chi connectivity index (χ2n) is 6.38. The van der Waals surface area contributed by atoms with E-state index in [1.54, 1.807) is 7.11 Å². The predicted molar refractivity (Wildman–Crippen MR) is 100 cm³/mol. The summed E-state index contributed by atoms with van der Waals surface area (Å²) in [5, 5.41) is 0. The van der Waals surface area contributed by atoms with Crippen LogP contribution in [0.4, 0.5) is 0 Å². The molecule has 0 amide bonds. The molecule has 0 saturated heterocycles. The summed E-state index contributed by atoms with van der Waals surface area (Å²) in [6, 6.07) is 14.9. The summed E-state index contributed by atoms with van der Waals surface area (Å²) in [5.74, 6) is 1.86. The molecule has 0 aromatic heterocycles. The fraction of sp³-hybridized carbons (Fsp3) is 0.429. The molecule has 3 nitrogen and oxygen atoms in total. The van der Waals surface area contributed by atoms with Gasteiger partial charge in [0.25, 0.3) is 0 Å². The normalized spacial score (nSPS) is 12.2. The van der Waals surface area contributed by atoms with E-state index >= 15 is 0 Å². The molecule has 0 spiro atoms. The van der Waals surface area contributed by atoms with Gasteiger partial charge in [-0.1, -0.05) is 37.3 Å². The number of aryl methyl sites for hydroxylation is 1. The van der Waals surface area contributed by atoms with Crippen molar-refractivity contribution in [3.05, 3.63) is 59.2 Å². The maximum absolute atomic E-state index is 6.04. The second kappa shape index (κ2) is 8.74. The summed E-state index contributed by atoms with van der Waals surface area (Å²) < 4.78 is 11.3. The van der Waals surface area contributed by atoms with Crippen molar-refractivity contribution in [3.8, 4) is 11.5 Å². The zero-order chi connectivity index (χ0) is 17.5. The van der Waals surface area contributed by atoms with Crippen molar-refractivity contribution in [2.24, 2.45) is 5.73 Å². The fourth-order valence-corrected chi connectivity index (χ4v) is 2.84. The van der Waals surface area contributed by atoms with Gasteiger partial charge >= 0.3 is 0 Å². The lowest BCUT2D eigenvalue weighted by Crippen LogP contribution is -2.15. The monoisotopic (exact) mass is 327 g/mol. The molecule has 0 bridgehead atoms. The third kappa shape index (κ3) is 4.75. The largest absolute Gasteiger partial charge is 0.493 e. The molecule has 2 rings (SSSR count). The van der Waals surface area contributed by atoms with Gasteiger partial charge in [-0.2, -0.15) is 0 Å². The van der Waals surface area contributed by atoms with Crippen LogP contribution in [0.2, 0.25) is 0 Å². The Morgan fingerprint density at radius 2 is 1.62 bits per heavy atom. The molecule has 2 aromatic rings. The van der Waals surface area contributed by atoms with E-state index in [4.69, 9.17) is 15.2 Å². The molecule has 0 aliphatic rings. The number of hydrogen-bond acceptors (Lipinski definition) is 3. The zero-order valence-corrected chi connectivity index (χ0v) is 15.2. The average Bonchev–Trinajstić information content (AvgIpc) is 2.59. The van der Waals surface area contributed by atoms with Crippen molar-refractivity contribution in [2.45, 2.75) is 45.6 Å². The lowest BCUT2D eigenvalue weighted by molar-refractivity contribution is 0.230. The van der Waals surface area contributed by atoms with Crippen LogP contribution >= 0.6 is 0 Å². The van der Waals surface area contributed by atoms with Gasteiger partial charge in [-0.3, -0.25) is 0 Å². The number of hydrogen-bond donors (Lipinski definition) is 1. The smallest absolute Gasteiger partial charge is 0.161 e. The van der Waals surface area contributed by atoms with Crippen LogP contribution in [0.25, 0.3) is 0 Å². The highest BCUT2D eigenvalue weighted by Gasteiger charge is 2.13. The Bertz CT molecular complexity index is 635. The third-order valence-electron chi connectivity index (χ3n) is 4.22. The van der Waals surface area contributed by atoms with E-state index in [0.717, 1.165) is 24.3 Å². The summed E-state index contributed by atoms with van der Waals surface area (Å²) in [7, 11) is 1.67. The summed E-state index contributed by atoms with van der Waals surface area (Å²) in [6.07, 6.45) is 2.06. The van der Waals surface area contributed by atoms with E-state index < -0.39 is 0 Å². The lowest BCUT2D eigenvalue weighted by Gasteiger charge is -2.18. The molecule has 0 aliphatic heterocycles. The SMILES string of the molecule is CCc1ccc(C(CN)Cc2ccc(OC)c(OC(C)C)c2)cc1. The number of benzene rings is 2. The standard InChI is InChI=1S/C21H29NO2/c1-5-16-6-9-18(10-7-16)19(14-22)12-17-8-11-20(23-4)21(13-17)24-15(2)3/h6-11,13,15,19H,5,12,14,22H2,1-4H3. The van der Waals surface area contributed by atoms with Crippen molar-refractivity contribution in [2.75, 3.05) is 13.7 Å². The molecule has 2 aromatic carbocycles. The van der Waals surface area contributed by atoms with E-state index in [0.29, 0.717) is 12.5 Å². The zero-order valence-electron chi connectivity index (χ0n) is 15.2. The third-order valence-corrected chi connectivity index (χ3v) is 4.22. The van der Waals surface area contributed by atoms with Crippen LogP contribution in [-0.4, -0.2) is 19.8 Å². The van der Waals surface area contributed by atoms with Gasteiger partial charge in [0, 0.05) is 5.92 Å². The molecule has 3 heteroatoms. The van der Waals surface area contributed by atoms with Crippen LogP contribution in [0.3, 0.4) is 0 Å². The van der Waals surface area contributed by atoms with Gasteiger partial charge in [0.1, 0.15) is 0 Å². The Hall–Kier alpha value is -2.00. The van der Waals surface area contributed by atoms with Crippen molar-refractivity contribution in [1.82, 2.24) is 0 Å². The van der Waals surface area contributed by atoms with Crippen LogP contribution in [0.15, 0.2) is 42.5 Å². The minimum atomic E-state index is 0.112. The lowest BCUT2D eigenvalue weighted by atomic mass is 9.91. The Labute approximate surface area is 145 Å². The highest BCUT2D eigenvalue weighted by Crippen LogP contribution is 2.31. The van der Waals surface area contributed by atoms with Gasteiger partial charge in [-0.05, 0) is 62.1 Å². The first-order chi connectivity index (χ1) is 11.6. The number of ether oxygens (including phenoxy) is 2. The number of rotatable bonds is 8. The number of nitrogens with two attached hydrogens (primary N) is 1. The first-order valence-corrected chi connectivity index (χ1v) is 8.69. The van der Waals surface area contributed by atoms with E-state index in [1.807, 2.05) is 19.9 Å². The molecule has 0 aliphatic carbocycles.